The van der Waals surface area contributed by atoms with Crippen LogP contribution in [0, 0.1) is 6.92 Å². The minimum absolute atomic E-state index is 0.231. The maximum atomic E-state index is 11.9. The van der Waals surface area contributed by atoms with Gasteiger partial charge in [-0.05, 0) is 24.5 Å². The lowest BCUT2D eigenvalue weighted by Crippen LogP contribution is -2.46. The Bertz CT molecular complexity index is 509. The van der Waals surface area contributed by atoms with Crippen molar-refractivity contribution in [3.8, 4) is 0 Å². The fraction of sp³-hybridized carbons (Fsp3) is 0.400. The number of carbonyl (C=O) groups is 1. The van der Waals surface area contributed by atoms with Crippen LogP contribution in [-0.2, 0) is 4.79 Å². The Hall–Kier alpha value is -1.61. The molecule has 1 atom stereocenters. The number of amides is 1. The highest BCUT2D eigenvalue weighted by Crippen LogP contribution is 2.37. The normalized spacial score (nSPS) is 24.5. The molecule has 2 saturated heterocycles. The van der Waals surface area contributed by atoms with Crippen molar-refractivity contribution in [2.75, 3.05) is 13.1 Å². The van der Waals surface area contributed by atoms with Gasteiger partial charge in [-0.25, -0.2) is 5.01 Å². The molecule has 0 aromatic heterocycles. The summed E-state index contributed by atoms with van der Waals surface area (Å²) in [5.74, 6) is 0.231. The Morgan fingerprint density at radius 1 is 1.33 bits per heavy atom. The molecule has 3 heteroatoms. The molecule has 94 valence electrons. The molecule has 0 aliphatic carbocycles. The second kappa shape index (κ2) is 4.25. The van der Waals surface area contributed by atoms with E-state index in [1.54, 1.807) is 0 Å². The second-order valence-electron chi connectivity index (χ2n) is 5.19. The first-order valence-electron chi connectivity index (χ1n) is 6.46. The van der Waals surface area contributed by atoms with Crippen LogP contribution in [0.15, 0.2) is 36.4 Å². The van der Waals surface area contributed by atoms with Crippen LogP contribution >= 0.6 is 0 Å². The van der Waals surface area contributed by atoms with Gasteiger partial charge in [-0.2, -0.15) is 0 Å². The van der Waals surface area contributed by atoms with Gasteiger partial charge in [0.15, 0.2) is 0 Å². The van der Waals surface area contributed by atoms with E-state index in [1.807, 2.05) is 5.01 Å². The summed E-state index contributed by atoms with van der Waals surface area (Å²) in [6.07, 6.45) is 1.59. The number of benzene rings is 1. The zero-order valence-electron chi connectivity index (χ0n) is 10.7. The zero-order chi connectivity index (χ0) is 12.7. The van der Waals surface area contributed by atoms with Crippen LogP contribution in [0.25, 0.3) is 0 Å². The third-order valence-corrected chi connectivity index (χ3v) is 3.92. The van der Waals surface area contributed by atoms with Crippen molar-refractivity contribution in [1.29, 1.82) is 0 Å². The highest BCUT2D eigenvalue weighted by Gasteiger charge is 2.39. The lowest BCUT2D eigenvalue weighted by molar-refractivity contribution is -0.142. The van der Waals surface area contributed by atoms with Crippen LogP contribution in [-0.4, -0.2) is 29.0 Å². The molecule has 0 N–H and O–H groups in total. The fourth-order valence-corrected chi connectivity index (χ4v) is 2.99. The number of hydrazine groups is 1. The number of hydrogen-bond acceptors (Lipinski definition) is 2. The van der Waals surface area contributed by atoms with Gasteiger partial charge in [0.05, 0.1) is 12.6 Å². The number of rotatable bonds is 1. The number of hydrogen-bond donors (Lipinski definition) is 0. The predicted molar refractivity (Wildman–Crippen MR) is 70.7 cm³/mol. The molecule has 1 aromatic rings. The molecule has 3 nitrogen and oxygen atoms in total. The highest BCUT2D eigenvalue weighted by atomic mass is 16.2. The second-order valence-corrected chi connectivity index (χ2v) is 5.19. The van der Waals surface area contributed by atoms with Crippen molar-refractivity contribution in [1.82, 2.24) is 10.0 Å². The van der Waals surface area contributed by atoms with E-state index in [0.717, 1.165) is 18.5 Å². The number of aryl methyl sites for hydroxylation is 1. The number of fused-ring (bicyclic) bond motifs is 1. The van der Waals surface area contributed by atoms with Crippen LogP contribution in [0.4, 0.5) is 0 Å². The van der Waals surface area contributed by atoms with E-state index in [4.69, 9.17) is 0 Å². The van der Waals surface area contributed by atoms with Gasteiger partial charge in [0.25, 0.3) is 0 Å². The lowest BCUT2D eigenvalue weighted by atomic mass is 9.94. The summed E-state index contributed by atoms with van der Waals surface area (Å²) >= 11 is 0. The van der Waals surface area contributed by atoms with E-state index in [2.05, 4.69) is 42.8 Å². The van der Waals surface area contributed by atoms with E-state index >= 15 is 0 Å². The maximum absolute atomic E-state index is 11.9. The lowest BCUT2D eigenvalue weighted by Gasteiger charge is -2.41. The van der Waals surface area contributed by atoms with Gasteiger partial charge < -0.3 is 0 Å². The minimum Gasteiger partial charge on any atom is -0.273 e. The minimum atomic E-state index is 0.231. The Kier molecular flexibility index (Phi) is 2.71. The summed E-state index contributed by atoms with van der Waals surface area (Å²) in [6.45, 7) is 7.76. The zero-order valence-corrected chi connectivity index (χ0v) is 10.7. The van der Waals surface area contributed by atoms with Crippen LogP contribution < -0.4 is 0 Å². The SMILES string of the molecule is C=C1CC(c2ccccc2C)N2CCC(=O)N2C1. The molecule has 2 aliphatic rings. The van der Waals surface area contributed by atoms with E-state index in [9.17, 15) is 4.79 Å². The predicted octanol–water partition coefficient (Wildman–Crippen LogP) is 2.45. The highest BCUT2D eigenvalue weighted by molar-refractivity contribution is 5.78. The monoisotopic (exact) mass is 242 g/mol. The van der Waals surface area contributed by atoms with Gasteiger partial charge in [0.1, 0.15) is 0 Å². The van der Waals surface area contributed by atoms with E-state index in [1.165, 1.54) is 11.1 Å². The molecule has 1 unspecified atom stereocenters. The van der Waals surface area contributed by atoms with Crippen LogP contribution in [0.3, 0.4) is 0 Å². The van der Waals surface area contributed by atoms with Gasteiger partial charge >= 0.3 is 0 Å². The summed E-state index contributed by atoms with van der Waals surface area (Å²) in [6, 6.07) is 8.71. The Morgan fingerprint density at radius 2 is 2.11 bits per heavy atom. The molecule has 18 heavy (non-hydrogen) atoms. The first-order chi connectivity index (χ1) is 8.66. The Morgan fingerprint density at radius 3 is 2.89 bits per heavy atom. The Labute approximate surface area is 108 Å². The molecule has 2 aliphatic heterocycles. The van der Waals surface area contributed by atoms with E-state index in [-0.39, 0.29) is 11.9 Å². The van der Waals surface area contributed by atoms with Gasteiger partial charge in [0.2, 0.25) is 5.91 Å². The standard InChI is InChI=1S/C15H18N2O/c1-11-9-14(13-6-4-3-5-12(13)2)16-8-7-15(18)17(16)10-11/h3-6,14H,1,7-10H2,2H3. The Balaban J connectivity index is 1.98. The molecule has 3 rings (SSSR count). The molecule has 0 radical (unpaired) electrons. The van der Waals surface area contributed by atoms with E-state index in [0.29, 0.717) is 13.0 Å². The number of carbonyl (C=O) groups excluding carboxylic acids is 1. The largest absolute Gasteiger partial charge is 0.273 e. The van der Waals surface area contributed by atoms with Crippen LogP contribution in [0.5, 0.6) is 0 Å². The van der Waals surface area contributed by atoms with Crippen LogP contribution in [0.1, 0.15) is 30.0 Å². The van der Waals surface area contributed by atoms with Crippen molar-refractivity contribution < 1.29 is 4.79 Å². The van der Waals surface area contributed by atoms with E-state index < -0.39 is 0 Å². The van der Waals surface area contributed by atoms with Crippen molar-refractivity contribution >= 4 is 5.91 Å². The molecule has 2 fully saturated rings. The molecule has 1 amide bonds. The van der Waals surface area contributed by atoms with Gasteiger partial charge in [-0.3, -0.25) is 9.80 Å². The summed E-state index contributed by atoms with van der Waals surface area (Å²) in [7, 11) is 0. The van der Waals surface area contributed by atoms with Crippen molar-refractivity contribution in [3.63, 3.8) is 0 Å². The first-order valence-corrected chi connectivity index (χ1v) is 6.46. The average molecular weight is 242 g/mol. The maximum Gasteiger partial charge on any atom is 0.238 e. The molecule has 1 aromatic carbocycles. The molecule has 0 saturated carbocycles. The summed E-state index contributed by atoms with van der Waals surface area (Å²) in [5.41, 5.74) is 3.75. The first kappa shape index (κ1) is 11.5. The smallest absolute Gasteiger partial charge is 0.238 e. The third kappa shape index (κ3) is 1.75. The van der Waals surface area contributed by atoms with Crippen molar-refractivity contribution in [3.05, 3.63) is 47.5 Å². The summed E-state index contributed by atoms with van der Waals surface area (Å²) in [5, 5.41) is 4.10. The molecular formula is C15H18N2O. The summed E-state index contributed by atoms with van der Waals surface area (Å²) in [4.78, 5) is 11.9. The molecule has 0 bridgehead atoms. The van der Waals surface area contributed by atoms with Gasteiger partial charge in [0, 0.05) is 13.0 Å². The molecule has 2 heterocycles. The fourth-order valence-electron chi connectivity index (χ4n) is 2.99. The summed E-state index contributed by atoms with van der Waals surface area (Å²) < 4.78 is 0. The average Bonchev–Trinajstić information content (AvgIpc) is 2.71. The number of nitrogens with zero attached hydrogens (tertiary/aromatic N) is 2. The topological polar surface area (TPSA) is 23.6 Å². The van der Waals surface area contributed by atoms with Crippen molar-refractivity contribution in [2.24, 2.45) is 0 Å². The third-order valence-electron chi connectivity index (χ3n) is 3.92. The van der Waals surface area contributed by atoms with Gasteiger partial charge in [-0.15, -0.1) is 0 Å². The van der Waals surface area contributed by atoms with Crippen LogP contribution in [0.2, 0.25) is 0 Å². The molecular weight excluding hydrogens is 224 g/mol. The quantitative estimate of drug-likeness (QED) is 0.706. The van der Waals surface area contributed by atoms with Crippen molar-refractivity contribution in [2.45, 2.75) is 25.8 Å². The molecule has 0 spiro atoms. The van der Waals surface area contributed by atoms with Gasteiger partial charge in [-0.1, -0.05) is 36.4 Å².